The third-order valence-corrected chi connectivity index (χ3v) is 8.11. The van der Waals surface area contributed by atoms with Crippen molar-refractivity contribution in [2.75, 3.05) is 24.5 Å². The van der Waals surface area contributed by atoms with Crippen LogP contribution < -0.4 is 16.0 Å². The lowest BCUT2D eigenvalue weighted by Crippen LogP contribution is -2.52. The molecule has 2 atom stereocenters. The Bertz CT molecular complexity index is 712. The van der Waals surface area contributed by atoms with E-state index in [1.807, 2.05) is 0 Å². The second kappa shape index (κ2) is 11.8. The van der Waals surface area contributed by atoms with Gasteiger partial charge in [0.25, 0.3) is 0 Å². The molecule has 1 aliphatic heterocycles. The van der Waals surface area contributed by atoms with Gasteiger partial charge in [-0.05, 0) is 64.3 Å². The van der Waals surface area contributed by atoms with E-state index in [1.165, 1.54) is 101 Å². The van der Waals surface area contributed by atoms with Gasteiger partial charge in [0.1, 0.15) is 5.82 Å². The van der Waals surface area contributed by atoms with E-state index in [9.17, 15) is 0 Å². The van der Waals surface area contributed by atoms with Crippen LogP contribution in [0, 0.1) is 0 Å². The predicted molar refractivity (Wildman–Crippen MR) is 134 cm³/mol. The van der Waals surface area contributed by atoms with Gasteiger partial charge in [0.2, 0.25) is 0 Å². The molecule has 0 spiro atoms. The first-order chi connectivity index (χ1) is 15.7. The fraction of sp³-hybridized carbons (Fsp3) is 0.852. The fourth-order valence-electron chi connectivity index (χ4n) is 6.11. The number of hydrogen-bond acceptors (Lipinski definition) is 5. The van der Waals surface area contributed by atoms with Crippen LogP contribution in [0.1, 0.15) is 120 Å². The van der Waals surface area contributed by atoms with E-state index in [-0.39, 0.29) is 0 Å². The Morgan fingerprint density at radius 3 is 2.44 bits per heavy atom. The average Bonchev–Trinajstić information content (AvgIpc) is 3.33. The summed E-state index contributed by atoms with van der Waals surface area (Å²) in [4.78, 5) is 12.9. The van der Waals surface area contributed by atoms with Crippen LogP contribution in [0.15, 0.2) is 0 Å². The number of nitrogens with one attached hydrogen (secondary N) is 1. The van der Waals surface area contributed by atoms with Crippen LogP contribution >= 0.6 is 0 Å². The molecule has 4 rings (SSSR count). The van der Waals surface area contributed by atoms with Crippen molar-refractivity contribution < 1.29 is 0 Å². The van der Waals surface area contributed by atoms with Crippen LogP contribution in [-0.4, -0.2) is 35.6 Å². The molecule has 3 aliphatic rings. The molecule has 2 unspecified atom stereocenters. The second-order valence-electron chi connectivity index (χ2n) is 10.6. The van der Waals surface area contributed by atoms with E-state index in [0.29, 0.717) is 6.04 Å². The summed E-state index contributed by atoms with van der Waals surface area (Å²) in [5, 5.41) is 3.83. The van der Waals surface area contributed by atoms with Crippen molar-refractivity contribution in [3.8, 4) is 0 Å². The Morgan fingerprint density at radius 2 is 1.66 bits per heavy atom. The number of nitrogens with zero attached hydrogens (tertiary/aromatic N) is 3. The normalized spacial score (nSPS) is 25.8. The molecule has 1 saturated heterocycles. The van der Waals surface area contributed by atoms with Crippen LogP contribution in [0.5, 0.6) is 0 Å². The first kappa shape index (κ1) is 23.9. The molecule has 5 nitrogen and oxygen atoms in total. The van der Waals surface area contributed by atoms with E-state index in [4.69, 9.17) is 15.7 Å². The van der Waals surface area contributed by atoms with Crippen molar-refractivity contribution in [1.29, 1.82) is 0 Å². The van der Waals surface area contributed by atoms with Gasteiger partial charge >= 0.3 is 0 Å². The molecule has 0 amide bonds. The Balaban J connectivity index is 1.41. The number of nitrogens with two attached hydrogens (primary N) is 1. The van der Waals surface area contributed by atoms with Gasteiger partial charge in [0.15, 0.2) is 5.82 Å². The maximum absolute atomic E-state index is 7.14. The second-order valence-corrected chi connectivity index (χ2v) is 10.6. The van der Waals surface area contributed by atoms with E-state index in [1.54, 1.807) is 0 Å². The average molecular weight is 442 g/mol. The summed E-state index contributed by atoms with van der Waals surface area (Å²) in [5.41, 5.74) is 9.43. The summed E-state index contributed by atoms with van der Waals surface area (Å²) in [6.45, 7) is 5.63. The molecule has 3 N–H and O–H groups in total. The molecule has 180 valence electrons. The molecular formula is C27H47N5. The van der Waals surface area contributed by atoms with Gasteiger partial charge in [-0.1, -0.05) is 58.3 Å². The summed E-state index contributed by atoms with van der Waals surface area (Å²) in [6, 6.07) is 0.305. The Hall–Kier alpha value is -1.20. The molecule has 1 aromatic rings. The topological polar surface area (TPSA) is 67.1 Å². The van der Waals surface area contributed by atoms with Crippen molar-refractivity contribution in [2.45, 2.75) is 128 Å². The van der Waals surface area contributed by atoms with Gasteiger partial charge in [0.05, 0.1) is 5.54 Å². The number of hydrogen-bond donors (Lipinski definition) is 2. The molecule has 0 bridgehead atoms. The quantitative estimate of drug-likeness (QED) is 0.451. The van der Waals surface area contributed by atoms with Gasteiger partial charge in [-0.15, -0.1) is 0 Å². The Kier molecular flexibility index (Phi) is 8.82. The zero-order chi connectivity index (χ0) is 22.2. The van der Waals surface area contributed by atoms with Crippen LogP contribution in [0.25, 0.3) is 0 Å². The minimum atomic E-state index is -0.417. The molecule has 2 aliphatic carbocycles. The van der Waals surface area contributed by atoms with Crippen molar-refractivity contribution in [2.24, 2.45) is 5.73 Å². The molecule has 2 heterocycles. The third kappa shape index (κ3) is 5.64. The number of fused-ring (bicyclic) bond motifs is 1. The summed E-state index contributed by atoms with van der Waals surface area (Å²) in [6.07, 6.45) is 21.5. The lowest BCUT2D eigenvalue weighted by Gasteiger charge is -2.33. The minimum absolute atomic E-state index is 0.305. The summed E-state index contributed by atoms with van der Waals surface area (Å²) in [5.74, 6) is 2.15. The summed E-state index contributed by atoms with van der Waals surface area (Å²) in [7, 11) is 0. The highest BCUT2D eigenvalue weighted by Gasteiger charge is 2.44. The smallest absolute Gasteiger partial charge is 0.152 e. The van der Waals surface area contributed by atoms with Crippen LogP contribution in [0.2, 0.25) is 0 Å². The van der Waals surface area contributed by atoms with Crippen molar-refractivity contribution in [3.63, 3.8) is 0 Å². The molecule has 0 radical (unpaired) electrons. The van der Waals surface area contributed by atoms with Crippen molar-refractivity contribution in [3.05, 3.63) is 17.1 Å². The minimum Gasteiger partial charge on any atom is -0.356 e. The maximum atomic E-state index is 7.14. The van der Waals surface area contributed by atoms with Crippen LogP contribution in [-0.2, 0) is 18.4 Å². The predicted octanol–water partition coefficient (Wildman–Crippen LogP) is 5.39. The van der Waals surface area contributed by atoms with Crippen molar-refractivity contribution in [1.82, 2.24) is 15.3 Å². The first-order valence-corrected chi connectivity index (χ1v) is 13.9. The Morgan fingerprint density at radius 1 is 0.906 bits per heavy atom. The van der Waals surface area contributed by atoms with Gasteiger partial charge < -0.3 is 16.0 Å². The molecule has 5 heteroatoms. The molecule has 2 fully saturated rings. The number of anilines is 1. The lowest BCUT2D eigenvalue weighted by atomic mass is 9.92. The van der Waals surface area contributed by atoms with Gasteiger partial charge in [-0.25, -0.2) is 9.97 Å². The molecule has 32 heavy (non-hydrogen) atoms. The van der Waals surface area contributed by atoms with Gasteiger partial charge in [-0.3, -0.25) is 0 Å². The highest BCUT2D eigenvalue weighted by atomic mass is 15.2. The summed E-state index contributed by atoms with van der Waals surface area (Å²) < 4.78 is 0. The highest BCUT2D eigenvalue weighted by molar-refractivity contribution is 5.52. The van der Waals surface area contributed by atoms with Crippen LogP contribution in [0.3, 0.4) is 0 Å². The van der Waals surface area contributed by atoms with Gasteiger partial charge in [-0.2, -0.15) is 0 Å². The number of rotatable bonds is 11. The van der Waals surface area contributed by atoms with E-state index < -0.39 is 5.54 Å². The number of aromatic nitrogens is 2. The fourth-order valence-corrected chi connectivity index (χ4v) is 6.11. The van der Waals surface area contributed by atoms with E-state index >= 15 is 0 Å². The monoisotopic (exact) mass is 441 g/mol. The zero-order valence-corrected chi connectivity index (χ0v) is 20.6. The van der Waals surface area contributed by atoms with Gasteiger partial charge in [0, 0.05) is 30.4 Å². The Labute approximate surface area is 196 Å². The maximum Gasteiger partial charge on any atom is 0.152 e. The molecule has 1 saturated carbocycles. The standard InChI is InChI=1S/C27H47N5/c1-2-3-4-5-6-7-10-19-29-24-17-14-18-27(24,28)26-30-23-16-13-15-22(23)25(31-26)32-20-11-8-9-12-21-32/h24,29H,2-21,28H2,1H3. The van der Waals surface area contributed by atoms with Crippen molar-refractivity contribution >= 4 is 5.82 Å². The largest absolute Gasteiger partial charge is 0.356 e. The van der Waals surface area contributed by atoms with Crippen LogP contribution in [0.4, 0.5) is 5.82 Å². The zero-order valence-electron chi connectivity index (χ0n) is 20.6. The molecular weight excluding hydrogens is 394 g/mol. The number of aryl methyl sites for hydroxylation is 1. The highest BCUT2D eigenvalue weighted by Crippen LogP contribution is 2.38. The van der Waals surface area contributed by atoms with E-state index in [0.717, 1.165) is 51.1 Å². The lowest BCUT2D eigenvalue weighted by molar-refractivity contribution is 0.323. The van der Waals surface area contributed by atoms with E-state index in [2.05, 4.69) is 17.1 Å². The third-order valence-electron chi connectivity index (χ3n) is 8.11. The number of unbranched alkanes of at least 4 members (excludes halogenated alkanes) is 6. The molecule has 0 aromatic carbocycles. The molecule has 1 aromatic heterocycles. The SMILES string of the molecule is CCCCCCCCCNC1CCCC1(N)c1nc2c(c(N3CCCCCC3)n1)CCC2. The summed E-state index contributed by atoms with van der Waals surface area (Å²) >= 11 is 0. The first-order valence-electron chi connectivity index (χ1n) is 13.9.